The molecule has 0 N–H and O–H groups in total. The number of piperazine rings is 1. The van der Waals surface area contributed by atoms with E-state index in [0.29, 0.717) is 12.0 Å². The molecule has 2 aliphatic heterocycles. The number of rotatable bonds is 4. The van der Waals surface area contributed by atoms with Crippen LogP contribution in [-0.2, 0) is 0 Å². The van der Waals surface area contributed by atoms with Crippen LogP contribution in [-0.4, -0.2) is 71.0 Å². The molecule has 0 radical (unpaired) electrons. The van der Waals surface area contributed by atoms with E-state index in [9.17, 15) is 4.79 Å². The number of nitrogens with zero attached hydrogens (tertiary/aromatic N) is 5. The van der Waals surface area contributed by atoms with E-state index >= 15 is 0 Å². The Hall–Kier alpha value is -2.47. The second-order valence-electron chi connectivity index (χ2n) is 8.89. The van der Waals surface area contributed by atoms with Gasteiger partial charge in [-0.3, -0.25) is 9.69 Å². The fourth-order valence-corrected chi connectivity index (χ4v) is 5.11. The van der Waals surface area contributed by atoms with Gasteiger partial charge in [0.05, 0.1) is 0 Å². The summed E-state index contributed by atoms with van der Waals surface area (Å²) in [6.07, 6.45) is 10.2. The fraction of sp³-hybridized carbons (Fsp3) is 0.542. The van der Waals surface area contributed by atoms with E-state index in [0.717, 1.165) is 50.8 Å². The van der Waals surface area contributed by atoms with Crippen molar-refractivity contribution in [2.45, 2.75) is 44.1 Å². The molecule has 158 valence electrons. The van der Waals surface area contributed by atoms with Crippen molar-refractivity contribution in [3.63, 3.8) is 0 Å². The van der Waals surface area contributed by atoms with Crippen LogP contribution >= 0.6 is 0 Å². The Labute approximate surface area is 178 Å². The van der Waals surface area contributed by atoms with Crippen molar-refractivity contribution >= 4 is 11.9 Å². The summed E-state index contributed by atoms with van der Waals surface area (Å²) in [4.78, 5) is 28.3. The maximum atomic E-state index is 12.9. The predicted octanol–water partition coefficient (Wildman–Crippen LogP) is 3.17. The molecule has 3 aliphatic rings. The zero-order valence-electron chi connectivity index (χ0n) is 17.6. The van der Waals surface area contributed by atoms with E-state index in [2.05, 4.69) is 31.9 Å². The first-order valence-corrected chi connectivity index (χ1v) is 11.4. The molecule has 5 rings (SSSR count). The van der Waals surface area contributed by atoms with Crippen LogP contribution < -0.4 is 4.90 Å². The maximum Gasteiger partial charge on any atom is 0.253 e. The van der Waals surface area contributed by atoms with Crippen molar-refractivity contribution in [2.24, 2.45) is 0 Å². The number of hydrogen-bond acceptors (Lipinski definition) is 5. The molecule has 6 heteroatoms. The lowest BCUT2D eigenvalue weighted by Gasteiger charge is -2.48. The van der Waals surface area contributed by atoms with Gasteiger partial charge in [0.15, 0.2) is 0 Å². The standard InChI is InChI=1S/C24H31N5O/c30-23(21-9-7-20(8-10-21)19-5-2-1-3-6-19)29-17-22(18-29)27-13-15-28(16-14-27)24-25-11-4-12-26-24/h4,7-12,19,22H,1-3,5-6,13-18H2. The third kappa shape index (κ3) is 4.06. The van der Waals surface area contributed by atoms with Crippen LogP contribution in [0.4, 0.5) is 5.95 Å². The molecule has 1 saturated carbocycles. The molecule has 0 atom stereocenters. The smallest absolute Gasteiger partial charge is 0.253 e. The van der Waals surface area contributed by atoms with Crippen molar-refractivity contribution in [1.82, 2.24) is 19.8 Å². The molecule has 0 spiro atoms. The Morgan fingerprint density at radius 3 is 2.20 bits per heavy atom. The fourth-order valence-electron chi connectivity index (χ4n) is 5.11. The number of carbonyl (C=O) groups excluding carboxylic acids is 1. The van der Waals surface area contributed by atoms with Gasteiger partial charge in [0.25, 0.3) is 5.91 Å². The van der Waals surface area contributed by atoms with E-state index in [1.54, 1.807) is 12.4 Å². The second-order valence-corrected chi connectivity index (χ2v) is 8.89. The summed E-state index contributed by atoms with van der Waals surface area (Å²) < 4.78 is 0. The number of anilines is 1. The van der Waals surface area contributed by atoms with Gasteiger partial charge in [0.1, 0.15) is 0 Å². The molecule has 2 saturated heterocycles. The van der Waals surface area contributed by atoms with Gasteiger partial charge in [-0.05, 0) is 42.5 Å². The summed E-state index contributed by atoms with van der Waals surface area (Å²) in [6, 6.07) is 10.8. The van der Waals surface area contributed by atoms with Gasteiger partial charge < -0.3 is 9.80 Å². The Morgan fingerprint density at radius 1 is 0.867 bits per heavy atom. The topological polar surface area (TPSA) is 52.6 Å². The first-order chi connectivity index (χ1) is 14.8. The number of carbonyl (C=O) groups is 1. The van der Waals surface area contributed by atoms with Crippen molar-refractivity contribution in [3.05, 3.63) is 53.9 Å². The summed E-state index contributed by atoms with van der Waals surface area (Å²) in [5, 5.41) is 0. The molecule has 1 amide bonds. The zero-order chi connectivity index (χ0) is 20.3. The molecule has 2 aromatic rings. The molecule has 3 heterocycles. The van der Waals surface area contributed by atoms with Gasteiger partial charge in [-0.1, -0.05) is 31.4 Å². The van der Waals surface area contributed by atoms with Gasteiger partial charge in [0.2, 0.25) is 5.95 Å². The number of aromatic nitrogens is 2. The van der Waals surface area contributed by atoms with Crippen LogP contribution in [0.5, 0.6) is 0 Å². The minimum Gasteiger partial charge on any atom is -0.338 e. The summed E-state index contributed by atoms with van der Waals surface area (Å²) in [5.74, 6) is 1.69. The van der Waals surface area contributed by atoms with Crippen molar-refractivity contribution < 1.29 is 4.79 Å². The molecule has 1 aromatic heterocycles. The van der Waals surface area contributed by atoms with E-state index in [1.165, 1.54) is 37.7 Å². The average molecular weight is 406 g/mol. The highest BCUT2D eigenvalue weighted by molar-refractivity contribution is 5.94. The van der Waals surface area contributed by atoms with Crippen molar-refractivity contribution in [3.8, 4) is 0 Å². The van der Waals surface area contributed by atoms with Gasteiger partial charge in [-0.2, -0.15) is 0 Å². The molecule has 6 nitrogen and oxygen atoms in total. The number of benzene rings is 1. The normalized spacial score (nSPS) is 21.5. The predicted molar refractivity (Wildman–Crippen MR) is 118 cm³/mol. The zero-order valence-corrected chi connectivity index (χ0v) is 17.6. The van der Waals surface area contributed by atoms with Crippen LogP contribution in [0.3, 0.4) is 0 Å². The average Bonchev–Trinajstić information content (AvgIpc) is 2.80. The first kappa shape index (κ1) is 19.5. The summed E-state index contributed by atoms with van der Waals surface area (Å²) >= 11 is 0. The second kappa shape index (κ2) is 8.72. The van der Waals surface area contributed by atoms with E-state index < -0.39 is 0 Å². The largest absolute Gasteiger partial charge is 0.338 e. The Kier molecular flexibility index (Phi) is 5.67. The summed E-state index contributed by atoms with van der Waals surface area (Å²) in [6.45, 7) is 5.56. The molecular formula is C24H31N5O. The minimum atomic E-state index is 0.178. The quantitative estimate of drug-likeness (QED) is 0.782. The summed E-state index contributed by atoms with van der Waals surface area (Å²) in [5.41, 5.74) is 2.24. The van der Waals surface area contributed by atoms with Crippen LogP contribution in [0.15, 0.2) is 42.7 Å². The maximum absolute atomic E-state index is 12.9. The molecular weight excluding hydrogens is 374 g/mol. The van der Waals surface area contributed by atoms with Gasteiger partial charge >= 0.3 is 0 Å². The van der Waals surface area contributed by atoms with Crippen LogP contribution in [0.1, 0.15) is 53.9 Å². The number of likely N-dealkylation sites (tertiary alicyclic amines) is 1. The highest BCUT2D eigenvalue weighted by Gasteiger charge is 2.36. The molecule has 0 unspecified atom stereocenters. The molecule has 1 aliphatic carbocycles. The molecule has 3 fully saturated rings. The first-order valence-electron chi connectivity index (χ1n) is 11.4. The lowest BCUT2D eigenvalue weighted by atomic mass is 9.84. The molecule has 30 heavy (non-hydrogen) atoms. The Bertz CT molecular complexity index is 836. The Morgan fingerprint density at radius 2 is 1.53 bits per heavy atom. The number of hydrogen-bond donors (Lipinski definition) is 0. The van der Waals surface area contributed by atoms with Gasteiger partial charge in [0, 0.05) is 63.3 Å². The van der Waals surface area contributed by atoms with Crippen molar-refractivity contribution in [2.75, 3.05) is 44.2 Å². The molecule has 1 aromatic carbocycles. The minimum absolute atomic E-state index is 0.178. The lowest BCUT2D eigenvalue weighted by molar-refractivity contribution is 0.0246. The van der Waals surface area contributed by atoms with Crippen LogP contribution in [0.25, 0.3) is 0 Å². The van der Waals surface area contributed by atoms with E-state index in [-0.39, 0.29) is 5.91 Å². The van der Waals surface area contributed by atoms with Crippen LogP contribution in [0.2, 0.25) is 0 Å². The third-order valence-electron chi connectivity index (χ3n) is 7.05. The van der Waals surface area contributed by atoms with Gasteiger partial charge in [-0.15, -0.1) is 0 Å². The van der Waals surface area contributed by atoms with E-state index in [1.807, 2.05) is 23.1 Å². The monoisotopic (exact) mass is 405 g/mol. The highest BCUT2D eigenvalue weighted by Crippen LogP contribution is 2.32. The number of amides is 1. The highest BCUT2D eigenvalue weighted by atomic mass is 16.2. The van der Waals surface area contributed by atoms with Crippen molar-refractivity contribution in [1.29, 1.82) is 0 Å². The molecule has 0 bridgehead atoms. The third-order valence-corrected chi connectivity index (χ3v) is 7.05. The van der Waals surface area contributed by atoms with Crippen LogP contribution in [0, 0.1) is 0 Å². The lowest BCUT2D eigenvalue weighted by Crippen LogP contribution is -2.64. The SMILES string of the molecule is O=C(c1ccc(C2CCCCC2)cc1)N1CC(N2CCN(c3ncccn3)CC2)C1. The summed E-state index contributed by atoms with van der Waals surface area (Å²) in [7, 11) is 0. The Balaban J connectivity index is 1.10. The van der Waals surface area contributed by atoms with E-state index in [4.69, 9.17) is 0 Å². The van der Waals surface area contributed by atoms with Gasteiger partial charge in [-0.25, -0.2) is 9.97 Å².